The van der Waals surface area contributed by atoms with Gasteiger partial charge in [-0.15, -0.1) is 0 Å². The van der Waals surface area contributed by atoms with Crippen molar-refractivity contribution in [1.29, 1.82) is 5.26 Å². The van der Waals surface area contributed by atoms with Crippen LogP contribution in [0.25, 0.3) is 0 Å². The first-order chi connectivity index (χ1) is 13.3. The molecule has 0 radical (unpaired) electrons. The highest BCUT2D eigenvalue weighted by Crippen LogP contribution is 2.39. The van der Waals surface area contributed by atoms with E-state index in [2.05, 4.69) is 6.07 Å². The number of anilines is 1. The molecule has 0 aliphatic carbocycles. The van der Waals surface area contributed by atoms with E-state index in [1.807, 2.05) is 95.9 Å². The smallest absolute Gasteiger partial charge is 0.260 e. The Morgan fingerprint density at radius 1 is 0.815 bits per heavy atom. The van der Waals surface area contributed by atoms with E-state index in [4.69, 9.17) is 0 Å². The van der Waals surface area contributed by atoms with Gasteiger partial charge in [0, 0.05) is 12.2 Å². The summed E-state index contributed by atoms with van der Waals surface area (Å²) in [5.41, 5.74) is 2.86. The van der Waals surface area contributed by atoms with Crippen molar-refractivity contribution < 1.29 is 4.79 Å². The molecule has 132 valence electrons. The summed E-state index contributed by atoms with van der Waals surface area (Å²) in [7, 11) is 0. The van der Waals surface area contributed by atoms with Crippen molar-refractivity contribution in [2.24, 2.45) is 0 Å². The molecule has 27 heavy (non-hydrogen) atoms. The van der Waals surface area contributed by atoms with Crippen molar-refractivity contribution in [3.8, 4) is 6.07 Å². The van der Waals surface area contributed by atoms with Gasteiger partial charge in [0.1, 0.15) is 6.17 Å². The van der Waals surface area contributed by atoms with Crippen molar-refractivity contribution in [1.82, 2.24) is 4.90 Å². The second-order valence-electron chi connectivity index (χ2n) is 6.52. The van der Waals surface area contributed by atoms with E-state index < -0.39 is 6.04 Å². The molecule has 2 unspecified atom stereocenters. The highest BCUT2D eigenvalue weighted by molar-refractivity contribution is 6.01. The molecule has 0 saturated carbocycles. The zero-order valence-electron chi connectivity index (χ0n) is 14.8. The van der Waals surface area contributed by atoms with Gasteiger partial charge in [0.2, 0.25) is 0 Å². The molecule has 3 aromatic carbocycles. The molecule has 4 heteroatoms. The van der Waals surface area contributed by atoms with Crippen molar-refractivity contribution in [2.45, 2.75) is 18.8 Å². The molecule has 0 N–H and O–H groups in total. The van der Waals surface area contributed by atoms with Gasteiger partial charge in [0.05, 0.1) is 6.07 Å². The zero-order chi connectivity index (χ0) is 18.6. The quantitative estimate of drug-likeness (QED) is 0.709. The van der Waals surface area contributed by atoms with Gasteiger partial charge in [-0.3, -0.25) is 14.6 Å². The second-order valence-corrected chi connectivity index (χ2v) is 6.52. The highest BCUT2D eigenvalue weighted by atomic mass is 16.2. The first kappa shape index (κ1) is 17.0. The Morgan fingerprint density at radius 3 is 1.96 bits per heavy atom. The van der Waals surface area contributed by atoms with Crippen LogP contribution in [0.3, 0.4) is 0 Å². The first-order valence-corrected chi connectivity index (χ1v) is 8.92. The Bertz CT molecular complexity index is 951. The zero-order valence-corrected chi connectivity index (χ0v) is 14.8. The van der Waals surface area contributed by atoms with Gasteiger partial charge < -0.3 is 0 Å². The number of hydrogen-bond acceptors (Lipinski definition) is 3. The van der Waals surface area contributed by atoms with Crippen molar-refractivity contribution in [3.05, 3.63) is 102 Å². The fourth-order valence-corrected chi connectivity index (χ4v) is 3.61. The summed E-state index contributed by atoms with van der Waals surface area (Å²) >= 11 is 0. The number of rotatable bonds is 4. The van der Waals surface area contributed by atoms with Gasteiger partial charge in [-0.1, -0.05) is 78.9 Å². The monoisotopic (exact) mass is 353 g/mol. The molecule has 1 amide bonds. The molecule has 0 aromatic heterocycles. The average molecular weight is 353 g/mol. The summed E-state index contributed by atoms with van der Waals surface area (Å²) in [6, 6.07) is 30.8. The maximum Gasteiger partial charge on any atom is 0.260 e. The van der Waals surface area contributed by atoms with E-state index in [-0.39, 0.29) is 12.1 Å². The molecule has 1 aliphatic heterocycles. The fraction of sp³-hybridized carbons (Fsp3) is 0.130. The molecule has 1 heterocycles. The van der Waals surface area contributed by atoms with Crippen LogP contribution < -0.4 is 4.90 Å². The number of amides is 1. The Hall–Kier alpha value is -3.42. The van der Waals surface area contributed by atoms with E-state index in [0.29, 0.717) is 6.54 Å². The maximum absolute atomic E-state index is 13.2. The molecular weight excluding hydrogens is 334 g/mol. The van der Waals surface area contributed by atoms with Crippen molar-refractivity contribution in [2.75, 3.05) is 4.90 Å². The van der Waals surface area contributed by atoms with Crippen LogP contribution in [0.5, 0.6) is 0 Å². The summed E-state index contributed by atoms with van der Waals surface area (Å²) < 4.78 is 0. The Kier molecular flexibility index (Phi) is 4.69. The molecule has 1 fully saturated rings. The van der Waals surface area contributed by atoms with Crippen LogP contribution >= 0.6 is 0 Å². The minimum absolute atomic E-state index is 0.187. The highest BCUT2D eigenvalue weighted by Gasteiger charge is 2.47. The molecule has 0 spiro atoms. The van der Waals surface area contributed by atoms with Gasteiger partial charge in [-0.05, 0) is 23.3 Å². The second kappa shape index (κ2) is 7.45. The van der Waals surface area contributed by atoms with Crippen LogP contribution in [-0.2, 0) is 11.3 Å². The van der Waals surface area contributed by atoms with E-state index in [0.717, 1.165) is 16.8 Å². The van der Waals surface area contributed by atoms with Crippen LogP contribution in [0.4, 0.5) is 5.69 Å². The van der Waals surface area contributed by atoms with Crippen LogP contribution in [0.2, 0.25) is 0 Å². The third-order valence-corrected chi connectivity index (χ3v) is 4.82. The average Bonchev–Trinajstić information content (AvgIpc) is 3.01. The van der Waals surface area contributed by atoms with Gasteiger partial charge in [0.25, 0.3) is 5.91 Å². The number of hydrogen-bond donors (Lipinski definition) is 0. The summed E-state index contributed by atoms with van der Waals surface area (Å²) in [5, 5.41) is 9.78. The van der Waals surface area contributed by atoms with Gasteiger partial charge >= 0.3 is 0 Å². The number of carbonyl (C=O) groups is 1. The van der Waals surface area contributed by atoms with Gasteiger partial charge in [-0.25, -0.2) is 0 Å². The lowest BCUT2D eigenvalue weighted by molar-refractivity contribution is -0.118. The lowest BCUT2D eigenvalue weighted by Crippen LogP contribution is -2.33. The van der Waals surface area contributed by atoms with Gasteiger partial charge in [0.15, 0.2) is 6.04 Å². The Balaban J connectivity index is 1.82. The SMILES string of the molecule is N#CC1C(=O)N(c2ccccc2)C(c2ccccc2)N1Cc1ccccc1. The van der Waals surface area contributed by atoms with E-state index >= 15 is 0 Å². The minimum atomic E-state index is -0.824. The number of nitriles is 1. The first-order valence-electron chi connectivity index (χ1n) is 8.92. The molecular formula is C23H19N3O. The number of nitrogens with zero attached hydrogens (tertiary/aromatic N) is 3. The normalized spacial score (nSPS) is 19.8. The summed E-state index contributed by atoms with van der Waals surface area (Å²) in [5.74, 6) is -0.187. The molecule has 4 nitrogen and oxygen atoms in total. The Morgan fingerprint density at radius 2 is 1.37 bits per heavy atom. The minimum Gasteiger partial charge on any atom is -0.290 e. The summed E-state index contributed by atoms with van der Waals surface area (Å²) in [6.07, 6.45) is -0.328. The lowest BCUT2D eigenvalue weighted by Gasteiger charge is -2.31. The molecule has 2 atom stereocenters. The van der Waals surface area contributed by atoms with Crippen LogP contribution in [0.15, 0.2) is 91.0 Å². The van der Waals surface area contributed by atoms with E-state index in [1.165, 1.54) is 0 Å². The predicted octanol–water partition coefficient (Wildman–Crippen LogP) is 4.13. The van der Waals surface area contributed by atoms with Crippen molar-refractivity contribution >= 4 is 11.6 Å². The fourth-order valence-electron chi connectivity index (χ4n) is 3.61. The van der Waals surface area contributed by atoms with Crippen molar-refractivity contribution in [3.63, 3.8) is 0 Å². The third kappa shape index (κ3) is 3.21. The Labute approximate surface area is 158 Å². The standard InChI is InChI=1S/C23H19N3O/c24-16-21-23(27)26(20-14-8-3-9-15-20)22(19-12-6-2-7-13-19)25(21)17-18-10-4-1-5-11-18/h1-15,21-22H,17H2. The predicted molar refractivity (Wildman–Crippen MR) is 104 cm³/mol. The lowest BCUT2D eigenvalue weighted by atomic mass is 10.1. The molecule has 0 bridgehead atoms. The molecule has 1 aliphatic rings. The summed E-state index contributed by atoms with van der Waals surface area (Å²) in [6.45, 7) is 0.522. The molecule has 1 saturated heterocycles. The topological polar surface area (TPSA) is 47.3 Å². The van der Waals surface area contributed by atoms with Crippen LogP contribution in [0.1, 0.15) is 17.3 Å². The number of para-hydroxylation sites is 1. The number of carbonyl (C=O) groups excluding carboxylic acids is 1. The van der Waals surface area contributed by atoms with Crippen LogP contribution in [-0.4, -0.2) is 16.8 Å². The van der Waals surface area contributed by atoms with Gasteiger partial charge in [-0.2, -0.15) is 5.26 Å². The summed E-state index contributed by atoms with van der Waals surface area (Å²) in [4.78, 5) is 16.9. The molecule has 3 aromatic rings. The molecule has 4 rings (SSSR count). The number of benzene rings is 3. The van der Waals surface area contributed by atoms with E-state index in [1.54, 1.807) is 4.90 Å². The largest absolute Gasteiger partial charge is 0.290 e. The van der Waals surface area contributed by atoms with E-state index in [9.17, 15) is 10.1 Å². The maximum atomic E-state index is 13.2. The third-order valence-electron chi connectivity index (χ3n) is 4.82. The van der Waals surface area contributed by atoms with Crippen LogP contribution in [0, 0.1) is 11.3 Å².